The number of rotatable bonds is 9. The van der Waals surface area contributed by atoms with Crippen LogP contribution in [0.2, 0.25) is 0 Å². The van der Waals surface area contributed by atoms with Crippen molar-refractivity contribution in [2.45, 2.75) is 45.7 Å². The van der Waals surface area contributed by atoms with E-state index in [0.717, 1.165) is 19.7 Å². The smallest absolute Gasteiger partial charge is 0.0589 e. The van der Waals surface area contributed by atoms with Crippen molar-refractivity contribution in [3.05, 3.63) is 0 Å². The highest BCUT2D eigenvalue weighted by Gasteiger charge is 2.07. The van der Waals surface area contributed by atoms with Crippen LogP contribution in [0.1, 0.15) is 33.6 Å². The fourth-order valence-corrected chi connectivity index (χ4v) is 1.46. The Kier molecular flexibility index (Phi) is 9.06. The van der Waals surface area contributed by atoms with Crippen molar-refractivity contribution >= 4 is 0 Å². The predicted octanol–water partition coefficient (Wildman–Crippen LogP) is 1.73. The molecule has 0 radical (unpaired) electrons. The van der Waals surface area contributed by atoms with E-state index in [2.05, 4.69) is 38.0 Å². The molecular weight excluding hydrogens is 188 g/mol. The zero-order valence-corrected chi connectivity index (χ0v) is 11.0. The highest BCUT2D eigenvalue weighted by Crippen LogP contribution is 2.03. The Morgan fingerprint density at radius 2 is 1.93 bits per heavy atom. The van der Waals surface area contributed by atoms with E-state index in [-0.39, 0.29) is 0 Å². The van der Waals surface area contributed by atoms with Crippen molar-refractivity contribution in [1.29, 1.82) is 0 Å². The van der Waals surface area contributed by atoms with Crippen LogP contribution in [0.3, 0.4) is 0 Å². The number of nitrogens with one attached hydrogen (secondary N) is 1. The summed E-state index contributed by atoms with van der Waals surface area (Å²) in [6.07, 6.45) is 2.50. The molecule has 0 bridgehead atoms. The number of methoxy groups -OCH3 is 1. The van der Waals surface area contributed by atoms with Gasteiger partial charge in [-0.3, -0.25) is 0 Å². The Morgan fingerprint density at radius 1 is 1.27 bits per heavy atom. The van der Waals surface area contributed by atoms with E-state index in [1.807, 2.05) is 0 Å². The number of ether oxygens (including phenoxy) is 1. The molecular formula is C12H28N2O. The van der Waals surface area contributed by atoms with Gasteiger partial charge in [0.25, 0.3) is 0 Å². The molecule has 0 aliphatic rings. The highest BCUT2D eigenvalue weighted by atomic mass is 16.5. The van der Waals surface area contributed by atoms with Gasteiger partial charge < -0.3 is 15.0 Å². The molecule has 0 aromatic rings. The molecule has 0 aromatic carbocycles. The van der Waals surface area contributed by atoms with Crippen molar-refractivity contribution in [2.75, 3.05) is 33.9 Å². The summed E-state index contributed by atoms with van der Waals surface area (Å²) < 4.78 is 5.07. The number of nitrogens with zero attached hydrogens (tertiary/aromatic N) is 1. The maximum absolute atomic E-state index is 5.07. The van der Waals surface area contributed by atoms with Gasteiger partial charge in [-0.25, -0.2) is 0 Å². The van der Waals surface area contributed by atoms with Crippen molar-refractivity contribution in [3.63, 3.8) is 0 Å². The Bertz CT molecular complexity index is 140. The first-order valence-electron chi connectivity index (χ1n) is 6.00. The minimum atomic E-state index is 0.603. The minimum Gasteiger partial charge on any atom is -0.383 e. The normalized spacial score (nSPS) is 13.8. The monoisotopic (exact) mass is 216 g/mol. The molecule has 0 saturated heterocycles. The Balaban J connectivity index is 3.42. The standard InChI is InChI=1S/C12H28N2O/c1-11(2)13-8-6-7-12(3)14(4)9-10-15-5/h11-13H,6-10H2,1-5H3. The molecule has 3 heteroatoms. The van der Waals surface area contributed by atoms with E-state index >= 15 is 0 Å². The fraction of sp³-hybridized carbons (Fsp3) is 1.00. The SMILES string of the molecule is COCCN(C)C(C)CCCNC(C)C. The summed E-state index contributed by atoms with van der Waals surface area (Å²) in [6.45, 7) is 9.63. The van der Waals surface area contributed by atoms with Gasteiger partial charge in [-0.1, -0.05) is 13.8 Å². The summed E-state index contributed by atoms with van der Waals surface area (Å²) in [5.41, 5.74) is 0. The van der Waals surface area contributed by atoms with Crippen molar-refractivity contribution in [3.8, 4) is 0 Å². The van der Waals surface area contributed by atoms with Crippen LogP contribution < -0.4 is 5.32 Å². The molecule has 1 unspecified atom stereocenters. The van der Waals surface area contributed by atoms with E-state index in [0.29, 0.717) is 12.1 Å². The molecule has 0 aromatic heterocycles. The summed E-state index contributed by atoms with van der Waals surface area (Å²) in [5.74, 6) is 0. The molecule has 0 spiro atoms. The third kappa shape index (κ3) is 8.85. The average Bonchev–Trinajstić information content (AvgIpc) is 2.20. The molecule has 0 heterocycles. The molecule has 92 valence electrons. The second-order valence-electron chi connectivity index (χ2n) is 4.57. The summed E-state index contributed by atoms with van der Waals surface area (Å²) in [4.78, 5) is 2.36. The maximum Gasteiger partial charge on any atom is 0.0589 e. The minimum absolute atomic E-state index is 0.603. The second-order valence-corrected chi connectivity index (χ2v) is 4.57. The summed E-state index contributed by atoms with van der Waals surface area (Å²) in [6, 6.07) is 1.25. The van der Waals surface area contributed by atoms with E-state index in [4.69, 9.17) is 4.74 Å². The first-order valence-corrected chi connectivity index (χ1v) is 6.00. The lowest BCUT2D eigenvalue weighted by molar-refractivity contribution is 0.139. The number of hydrogen-bond donors (Lipinski definition) is 1. The van der Waals surface area contributed by atoms with Gasteiger partial charge in [0.2, 0.25) is 0 Å². The molecule has 1 atom stereocenters. The summed E-state index contributed by atoms with van der Waals surface area (Å²) >= 11 is 0. The number of likely N-dealkylation sites (N-methyl/N-ethyl adjacent to an activating group) is 1. The maximum atomic E-state index is 5.07. The van der Waals surface area contributed by atoms with Gasteiger partial charge in [-0.05, 0) is 33.4 Å². The molecule has 15 heavy (non-hydrogen) atoms. The summed E-state index contributed by atoms with van der Waals surface area (Å²) in [5, 5.41) is 3.44. The molecule has 1 N–H and O–H groups in total. The van der Waals surface area contributed by atoms with Crippen LogP contribution in [-0.2, 0) is 4.74 Å². The van der Waals surface area contributed by atoms with Crippen LogP contribution in [0.15, 0.2) is 0 Å². The van der Waals surface area contributed by atoms with Gasteiger partial charge in [0.1, 0.15) is 0 Å². The quantitative estimate of drug-likeness (QED) is 0.594. The zero-order chi connectivity index (χ0) is 11.7. The third-order valence-electron chi connectivity index (χ3n) is 2.75. The molecule has 3 nitrogen and oxygen atoms in total. The Labute approximate surface area is 95.2 Å². The first kappa shape index (κ1) is 14.9. The lowest BCUT2D eigenvalue weighted by Gasteiger charge is -2.24. The van der Waals surface area contributed by atoms with Crippen LogP contribution >= 0.6 is 0 Å². The van der Waals surface area contributed by atoms with E-state index in [1.165, 1.54) is 12.8 Å². The van der Waals surface area contributed by atoms with Gasteiger partial charge in [0.05, 0.1) is 6.61 Å². The Morgan fingerprint density at radius 3 is 2.47 bits per heavy atom. The predicted molar refractivity (Wildman–Crippen MR) is 66.3 cm³/mol. The first-order chi connectivity index (χ1) is 7.07. The molecule has 0 amide bonds. The average molecular weight is 216 g/mol. The number of hydrogen-bond acceptors (Lipinski definition) is 3. The molecule has 0 fully saturated rings. The van der Waals surface area contributed by atoms with Gasteiger partial charge in [-0.2, -0.15) is 0 Å². The lowest BCUT2D eigenvalue weighted by Crippen LogP contribution is -2.33. The van der Waals surface area contributed by atoms with Gasteiger partial charge in [-0.15, -0.1) is 0 Å². The third-order valence-corrected chi connectivity index (χ3v) is 2.75. The van der Waals surface area contributed by atoms with Crippen LogP contribution in [0.5, 0.6) is 0 Å². The lowest BCUT2D eigenvalue weighted by atomic mass is 10.1. The van der Waals surface area contributed by atoms with Crippen LogP contribution in [-0.4, -0.2) is 50.8 Å². The fourth-order valence-electron chi connectivity index (χ4n) is 1.46. The molecule has 0 saturated carbocycles. The van der Waals surface area contributed by atoms with E-state index in [1.54, 1.807) is 7.11 Å². The Hall–Kier alpha value is -0.120. The summed E-state index contributed by atoms with van der Waals surface area (Å²) in [7, 11) is 3.92. The van der Waals surface area contributed by atoms with Gasteiger partial charge in [0.15, 0.2) is 0 Å². The van der Waals surface area contributed by atoms with Crippen LogP contribution in [0.25, 0.3) is 0 Å². The van der Waals surface area contributed by atoms with Crippen molar-refractivity contribution < 1.29 is 4.74 Å². The largest absolute Gasteiger partial charge is 0.383 e. The molecule has 0 rings (SSSR count). The van der Waals surface area contributed by atoms with Crippen molar-refractivity contribution in [2.24, 2.45) is 0 Å². The topological polar surface area (TPSA) is 24.5 Å². The molecule has 0 aliphatic carbocycles. The highest BCUT2D eigenvalue weighted by molar-refractivity contribution is 4.64. The van der Waals surface area contributed by atoms with E-state index in [9.17, 15) is 0 Å². The second kappa shape index (κ2) is 9.13. The van der Waals surface area contributed by atoms with Crippen LogP contribution in [0, 0.1) is 0 Å². The zero-order valence-electron chi connectivity index (χ0n) is 11.0. The van der Waals surface area contributed by atoms with Crippen LogP contribution in [0.4, 0.5) is 0 Å². The van der Waals surface area contributed by atoms with Gasteiger partial charge in [0, 0.05) is 25.7 Å². The van der Waals surface area contributed by atoms with Crippen molar-refractivity contribution in [1.82, 2.24) is 10.2 Å². The van der Waals surface area contributed by atoms with Gasteiger partial charge >= 0.3 is 0 Å². The van der Waals surface area contributed by atoms with E-state index < -0.39 is 0 Å². The molecule has 0 aliphatic heterocycles.